The van der Waals surface area contributed by atoms with E-state index in [2.05, 4.69) is 10.3 Å². The average Bonchev–Trinajstić information content (AvgIpc) is 3.20. The minimum atomic E-state index is -0.392. The molecule has 0 unspecified atom stereocenters. The van der Waals surface area contributed by atoms with Gasteiger partial charge in [0.1, 0.15) is 5.76 Å². The first-order valence-electron chi connectivity index (χ1n) is 8.21. The molecule has 0 atom stereocenters. The summed E-state index contributed by atoms with van der Waals surface area (Å²) in [6.07, 6.45) is 1.95. The summed E-state index contributed by atoms with van der Waals surface area (Å²) in [6, 6.07) is 7.37. The molecule has 132 valence electrons. The number of anilines is 1. The van der Waals surface area contributed by atoms with E-state index in [-0.39, 0.29) is 11.5 Å². The Morgan fingerprint density at radius 3 is 2.96 bits per heavy atom. The van der Waals surface area contributed by atoms with Gasteiger partial charge >= 0.3 is 0 Å². The lowest BCUT2D eigenvalue weighted by atomic mass is 9.94. The van der Waals surface area contributed by atoms with Crippen LogP contribution >= 0.6 is 22.9 Å². The first kappa shape index (κ1) is 17.0. The van der Waals surface area contributed by atoms with Gasteiger partial charge in [0, 0.05) is 34.4 Å². The Hall–Kier alpha value is -2.44. The number of Topliss-reactive ketones (excluding diaryl/α,β-unsaturated/α-hetero) is 1. The van der Waals surface area contributed by atoms with Crippen LogP contribution in [0, 0.1) is 6.92 Å². The molecule has 2 aromatic heterocycles. The van der Waals surface area contributed by atoms with Gasteiger partial charge in [0.2, 0.25) is 0 Å². The number of rotatable bonds is 3. The lowest BCUT2D eigenvalue weighted by molar-refractivity contribution is 0.0963. The summed E-state index contributed by atoms with van der Waals surface area (Å²) < 4.78 is 5.67. The molecule has 1 aliphatic rings. The second kappa shape index (κ2) is 6.70. The van der Waals surface area contributed by atoms with Gasteiger partial charge in [-0.1, -0.05) is 23.7 Å². The summed E-state index contributed by atoms with van der Waals surface area (Å²) in [5, 5.41) is 5.70. The Kier molecular flexibility index (Phi) is 4.38. The standard InChI is InChI=1S/C19H15ClN2O3S/c1-10-16-14(23)6-3-7-15(16)25-17(10)18(24)22-19-21-13(9-26-19)11-4-2-5-12(20)8-11/h2,4-5,8-9H,3,6-7H2,1H3,(H,21,22,24). The molecule has 3 aromatic rings. The Morgan fingerprint density at radius 1 is 1.35 bits per heavy atom. The van der Waals surface area contributed by atoms with Gasteiger partial charge in [-0.25, -0.2) is 4.98 Å². The van der Waals surface area contributed by atoms with Crippen molar-refractivity contribution in [1.82, 2.24) is 4.98 Å². The van der Waals surface area contributed by atoms with Crippen LogP contribution in [0.15, 0.2) is 34.1 Å². The first-order valence-corrected chi connectivity index (χ1v) is 9.47. The fourth-order valence-electron chi connectivity index (χ4n) is 3.13. The zero-order valence-corrected chi connectivity index (χ0v) is 15.5. The third kappa shape index (κ3) is 3.06. The monoisotopic (exact) mass is 386 g/mol. The van der Waals surface area contributed by atoms with E-state index in [1.54, 1.807) is 13.0 Å². The van der Waals surface area contributed by atoms with Crippen LogP contribution in [0.1, 0.15) is 45.1 Å². The Balaban J connectivity index is 1.57. The minimum Gasteiger partial charge on any atom is -0.455 e. The van der Waals surface area contributed by atoms with Crippen molar-refractivity contribution in [2.75, 3.05) is 5.32 Å². The molecule has 5 nitrogen and oxygen atoms in total. The Morgan fingerprint density at radius 2 is 2.19 bits per heavy atom. The number of furan rings is 1. The number of nitrogens with one attached hydrogen (secondary N) is 1. The van der Waals surface area contributed by atoms with E-state index >= 15 is 0 Å². The third-order valence-corrected chi connectivity index (χ3v) is 5.35. The van der Waals surface area contributed by atoms with Crippen molar-refractivity contribution in [3.63, 3.8) is 0 Å². The number of nitrogens with zero attached hydrogens (tertiary/aromatic N) is 1. The number of halogens is 1. The van der Waals surface area contributed by atoms with E-state index in [1.165, 1.54) is 11.3 Å². The van der Waals surface area contributed by atoms with E-state index in [0.717, 1.165) is 17.7 Å². The molecule has 4 rings (SSSR count). The quantitative estimate of drug-likeness (QED) is 0.676. The van der Waals surface area contributed by atoms with Gasteiger partial charge in [0.05, 0.1) is 11.3 Å². The number of benzene rings is 1. The van der Waals surface area contributed by atoms with Crippen molar-refractivity contribution in [3.8, 4) is 11.3 Å². The maximum atomic E-state index is 12.6. The van der Waals surface area contributed by atoms with Gasteiger partial charge in [-0.3, -0.25) is 14.9 Å². The van der Waals surface area contributed by atoms with Crippen molar-refractivity contribution in [1.29, 1.82) is 0 Å². The first-order chi connectivity index (χ1) is 12.5. The summed E-state index contributed by atoms with van der Waals surface area (Å²) in [5.41, 5.74) is 2.79. The molecule has 0 saturated carbocycles. The fraction of sp³-hybridized carbons (Fsp3) is 0.211. The van der Waals surface area contributed by atoms with Gasteiger partial charge < -0.3 is 4.42 Å². The predicted octanol–water partition coefficient (Wildman–Crippen LogP) is 5.14. The van der Waals surface area contributed by atoms with Gasteiger partial charge in [0.25, 0.3) is 5.91 Å². The number of ketones is 1. The lowest BCUT2D eigenvalue weighted by Crippen LogP contribution is -2.13. The number of hydrogen-bond donors (Lipinski definition) is 1. The highest BCUT2D eigenvalue weighted by molar-refractivity contribution is 7.14. The smallest absolute Gasteiger partial charge is 0.293 e. The average molecular weight is 387 g/mol. The maximum Gasteiger partial charge on any atom is 0.293 e. The topological polar surface area (TPSA) is 72.2 Å². The highest BCUT2D eigenvalue weighted by Gasteiger charge is 2.29. The molecule has 26 heavy (non-hydrogen) atoms. The van der Waals surface area contributed by atoms with Gasteiger partial charge in [0.15, 0.2) is 16.7 Å². The highest BCUT2D eigenvalue weighted by Crippen LogP contribution is 2.31. The SMILES string of the molecule is Cc1c(C(=O)Nc2nc(-c3cccc(Cl)c3)cs2)oc2c1C(=O)CCC2. The predicted molar refractivity (Wildman–Crippen MR) is 101 cm³/mol. The van der Waals surface area contributed by atoms with Crippen LogP contribution in [0.5, 0.6) is 0 Å². The zero-order chi connectivity index (χ0) is 18.3. The van der Waals surface area contributed by atoms with E-state index in [1.807, 2.05) is 23.6 Å². The molecule has 1 aliphatic carbocycles. The summed E-state index contributed by atoms with van der Waals surface area (Å²) in [4.78, 5) is 29.1. The summed E-state index contributed by atoms with van der Waals surface area (Å²) in [7, 11) is 0. The molecule has 0 bridgehead atoms. The van der Waals surface area contributed by atoms with Crippen LogP contribution < -0.4 is 5.32 Å². The van der Waals surface area contributed by atoms with Crippen LogP contribution in [0.3, 0.4) is 0 Å². The zero-order valence-electron chi connectivity index (χ0n) is 14.0. The molecule has 0 saturated heterocycles. The number of hydrogen-bond acceptors (Lipinski definition) is 5. The number of amides is 1. The molecule has 0 fully saturated rings. The maximum absolute atomic E-state index is 12.6. The van der Waals surface area contributed by atoms with Gasteiger partial charge in [-0.05, 0) is 25.5 Å². The van der Waals surface area contributed by atoms with Crippen molar-refractivity contribution in [2.45, 2.75) is 26.2 Å². The summed E-state index contributed by atoms with van der Waals surface area (Å²) >= 11 is 7.33. The number of carbonyl (C=O) groups excluding carboxylic acids is 2. The molecular weight excluding hydrogens is 372 g/mol. The fourth-order valence-corrected chi connectivity index (χ4v) is 4.04. The van der Waals surface area contributed by atoms with Crippen LogP contribution in [-0.4, -0.2) is 16.7 Å². The van der Waals surface area contributed by atoms with Crippen LogP contribution in [0.25, 0.3) is 11.3 Å². The Labute approximate surface area is 159 Å². The molecular formula is C19H15ClN2O3S. The van der Waals surface area contributed by atoms with E-state index in [0.29, 0.717) is 39.9 Å². The number of aryl methyl sites for hydroxylation is 1. The van der Waals surface area contributed by atoms with Crippen molar-refractivity contribution in [3.05, 3.63) is 57.3 Å². The second-order valence-electron chi connectivity index (χ2n) is 6.13. The molecule has 0 aliphatic heterocycles. The van der Waals surface area contributed by atoms with E-state index in [9.17, 15) is 9.59 Å². The largest absolute Gasteiger partial charge is 0.455 e. The number of thiazole rings is 1. The molecule has 7 heteroatoms. The minimum absolute atomic E-state index is 0.0454. The van der Waals surface area contributed by atoms with Crippen LogP contribution in [-0.2, 0) is 6.42 Å². The van der Waals surface area contributed by atoms with Gasteiger partial charge in [-0.2, -0.15) is 0 Å². The van der Waals surface area contributed by atoms with Crippen molar-refractivity contribution < 1.29 is 14.0 Å². The van der Waals surface area contributed by atoms with Crippen LogP contribution in [0.2, 0.25) is 5.02 Å². The summed E-state index contributed by atoms with van der Waals surface area (Å²) in [6.45, 7) is 1.75. The van der Waals surface area contributed by atoms with Crippen molar-refractivity contribution >= 4 is 39.8 Å². The van der Waals surface area contributed by atoms with E-state index in [4.69, 9.17) is 16.0 Å². The summed E-state index contributed by atoms with van der Waals surface area (Å²) in [5.74, 6) is 0.452. The molecule has 0 spiro atoms. The molecule has 0 radical (unpaired) electrons. The lowest BCUT2D eigenvalue weighted by Gasteiger charge is -2.07. The molecule has 2 heterocycles. The van der Waals surface area contributed by atoms with Gasteiger partial charge in [-0.15, -0.1) is 11.3 Å². The normalized spacial score (nSPS) is 13.5. The molecule has 1 N–H and O–H groups in total. The van der Waals surface area contributed by atoms with E-state index < -0.39 is 5.91 Å². The number of aromatic nitrogens is 1. The molecule has 1 aromatic carbocycles. The van der Waals surface area contributed by atoms with Crippen LogP contribution in [0.4, 0.5) is 5.13 Å². The third-order valence-electron chi connectivity index (χ3n) is 4.36. The number of fused-ring (bicyclic) bond motifs is 1. The Bertz CT molecular complexity index is 1020. The van der Waals surface area contributed by atoms with Crippen molar-refractivity contribution in [2.24, 2.45) is 0 Å². The second-order valence-corrected chi connectivity index (χ2v) is 7.43. The highest BCUT2D eigenvalue weighted by atomic mass is 35.5. The number of carbonyl (C=O) groups is 2. The molecule has 1 amide bonds.